The molecule has 11 rings (SSSR count). The predicted molar refractivity (Wildman–Crippen MR) is 196 cm³/mol. The highest BCUT2D eigenvalue weighted by molar-refractivity contribution is 7.25. The molecule has 0 atom stereocenters. The van der Waals surface area contributed by atoms with Gasteiger partial charge in [-0.05, 0) is 60.7 Å². The van der Waals surface area contributed by atoms with Gasteiger partial charge in [-0.15, -0.1) is 11.3 Å². The quantitative estimate of drug-likeness (QED) is 0.192. The number of hydrogen-bond donors (Lipinski definition) is 0. The Balaban J connectivity index is 1.34. The number of hydrogen-bond acceptors (Lipinski definition) is 2. The maximum Gasteiger partial charge on any atom is 0.0790 e. The van der Waals surface area contributed by atoms with E-state index in [-0.39, 0.29) is 0 Å². The Hall–Kier alpha value is -5.84. The van der Waals surface area contributed by atoms with E-state index in [2.05, 4.69) is 166 Å². The number of aromatic nitrogens is 2. The molecular formula is C42H25N3S. The van der Waals surface area contributed by atoms with Crippen molar-refractivity contribution in [3.8, 4) is 11.4 Å². The summed E-state index contributed by atoms with van der Waals surface area (Å²) in [6, 6.07) is 55.7. The molecule has 0 fully saturated rings. The Morgan fingerprint density at radius 3 is 1.87 bits per heavy atom. The van der Waals surface area contributed by atoms with Crippen LogP contribution in [0.1, 0.15) is 0 Å². The average Bonchev–Trinajstić information content (AvgIpc) is 3.77. The fourth-order valence-corrected chi connectivity index (χ4v) is 9.04. The van der Waals surface area contributed by atoms with Gasteiger partial charge in [0.05, 0.1) is 39.1 Å². The van der Waals surface area contributed by atoms with Gasteiger partial charge in [-0.25, -0.2) is 0 Å². The van der Waals surface area contributed by atoms with E-state index in [1.54, 1.807) is 0 Å². The zero-order valence-electron chi connectivity index (χ0n) is 24.7. The highest BCUT2D eigenvalue weighted by Crippen LogP contribution is 2.51. The van der Waals surface area contributed by atoms with Crippen LogP contribution in [-0.4, -0.2) is 9.13 Å². The molecule has 10 aromatic rings. The highest BCUT2D eigenvalue weighted by atomic mass is 32.1. The molecule has 46 heavy (non-hydrogen) atoms. The van der Waals surface area contributed by atoms with E-state index >= 15 is 0 Å². The lowest BCUT2D eigenvalue weighted by molar-refractivity contribution is 1.11. The first kappa shape index (κ1) is 24.5. The van der Waals surface area contributed by atoms with Crippen molar-refractivity contribution in [1.82, 2.24) is 9.13 Å². The molecule has 0 saturated carbocycles. The van der Waals surface area contributed by atoms with Crippen LogP contribution in [-0.2, 0) is 0 Å². The SMILES string of the molecule is c1ccc(N2c3ccccc3-n3c4c2cccc4c2ccc4c5ccccc5n(-c5ccc6sc7ccccc7c6c5)c4c23)cc1. The molecule has 1 aliphatic rings. The van der Waals surface area contributed by atoms with Gasteiger partial charge < -0.3 is 14.0 Å². The summed E-state index contributed by atoms with van der Waals surface area (Å²) in [6.07, 6.45) is 0. The maximum atomic E-state index is 2.53. The van der Waals surface area contributed by atoms with Crippen molar-refractivity contribution in [2.45, 2.75) is 0 Å². The molecule has 0 amide bonds. The van der Waals surface area contributed by atoms with Crippen molar-refractivity contribution in [3.05, 3.63) is 152 Å². The van der Waals surface area contributed by atoms with Crippen LogP contribution in [0.3, 0.4) is 0 Å². The monoisotopic (exact) mass is 603 g/mol. The average molecular weight is 604 g/mol. The normalized spacial score (nSPS) is 12.7. The second kappa shape index (κ2) is 8.87. The summed E-state index contributed by atoms with van der Waals surface area (Å²) in [6.45, 7) is 0. The van der Waals surface area contributed by atoms with Gasteiger partial charge in [-0.1, -0.05) is 91.0 Å². The van der Waals surface area contributed by atoms with Crippen LogP contribution in [0.4, 0.5) is 17.1 Å². The number of benzene rings is 7. The van der Waals surface area contributed by atoms with Gasteiger partial charge in [0.15, 0.2) is 0 Å². The first-order chi connectivity index (χ1) is 22.8. The zero-order valence-corrected chi connectivity index (χ0v) is 25.5. The Morgan fingerprint density at radius 2 is 0.978 bits per heavy atom. The summed E-state index contributed by atoms with van der Waals surface area (Å²) in [4.78, 5) is 2.42. The molecule has 3 nitrogen and oxygen atoms in total. The molecule has 7 aromatic carbocycles. The molecule has 4 heteroatoms. The largest absolute Gasteiger partial charge is 0.307 e. The maximum absolute atomic E-state index is 2.53. The Morgan fingerprint density at radius 1 is 0.348 bits per heavy atom. The Kier molecular flexibility index (Phi) is 4.72. The standard InChI is InChI=1S/C42H25N3S/c1-2-11-26(12-3-1)43-35-17-7-8-18-36(35)45-40-30(15-10-19-37(40)43)32-23-22-31-28-13-4-6-16-34(28)44(41(31)42(32)45)27-21-24-39-33(25-27)29-14-5-9-20-38(29)46-39/h1-25H. The molecule has 0 saturated heterocycles. The molecule has 0 unspecified atom stereocenters. The van der Waals surface area contributed by atoms with E-state index in [1.807, 2.05) is 11.3 Å². The number of para-hydroxylation sites is 5. The van der Waals surface area contributed by atoms with Crippen LogP contribution in [0.2, 0.25) is 0 Å². The van der Waals surface area contributed by atoms with Crippen molar-refractivity contribution in [3.63, 3.8) is 0 Å². The fourth-order valence-electron chi connectivity index (χ4n) is 7.95. The highest BCUT2D eigenvalue weighted by Gasteiger charge is 2.30. The van der Waals surface area contributed by atoms with Crippen LogP contribution >= 0.6 is 11.3 Å². The number of nitrogens with zero attached hydrogens (tertiary/aromatic N) is 3. The van der Waals surface area contributed by atoms with Crippen LogP contribution in [0, 0.1) is 0 Å². The Labute approximate surface area is 268 Å². The topological polar surface area (TPSA) is 13.1 Å². The lowest BCUT2D eigenvalue weighted by Crippen LogP contribution is -2.18. The second-order valence-electron chi connectivity index (χ2n) is 12.2. The van der Waals surface area contributed by atoms with E-state index < -0.39 is 0 Å². The molecule has 0 aliphatic carbocycles. The third-order valence-electron chi connectivity index (χ3n) is 9.80. The number of rotatable bonds is 2. The minimum Gasteiger partial charge on any atom is -0.307 e. The number of anilines is 3. The lowest BCUT2D eigenvalue weighted by atomic mass is 10.1. The van der Waals surface area contributed by atoms with Crippen LogP contribution in [0.25, 0.3) is 75.2 Å². The molecule has 0 spiro atoms. The van der Waals surface area contributed by atoms with Gasteiger partial charge in [0.25, 0.3) is 0 Å². The summed E-state index contributed by atoms with van der Waals surface area (Å²) in [5.41, 5.74) is 10.8. The zero-order chi connectivity index (χ0) is 29.9. The molecule has 0 N–H and O–H groups in total. The fraction of sp³-hybridized carbons (Fsp3) is 0. The Bertz CT molecular complexity index is 2870. The van der Waals surface area contributed by atoms with E-state index in [1.165, 1.54) is 86.5 Å². The molecule has 0 bridgehead atoms. The van der Waals surface area contributed by atoms with E-state index in [0.717, 1.165) is 5.69 Å². The minimum atomic E-state index is 1.16. The number of thiophene rings is 1. The molecule has 214 valence electrons. The summed E-state index contributed by atoms with van der Waals surface area (Å²) < 4.78 is 7.69. The van der Waals surface area contributed by atoms with E-state index in [9.17, 15) is 0 Å². The smallest absolute Gasteiger partial charge is 0.0790 e. The molecule has 3 aromatic heterocycles. The summed E-state index contributed by atoms with van der Waals surface area (Å²) in [7, 11) is 0. The summed E-state index contributed by atoms with van der Waals surface area (Å²) in [5, 5.41) is 7.69. The van der Waals surface area contributed by atoms with Crippen molar-refractivity contribution in [2.75, 3.05) is 4.90 Å². The molecular weight excluding hydrogens is 579 g/mol. The lowest BCUT2D eigenvalue weighted by Gasteiger charge is -2.33. The van der Waals surface area contributed by atoms with Crippen LogP contribution in [0.15, 0.2) is 152 Å². The first-order valence-electron chi connectivity index (χ1n) is 15.7. The van der Waals surface area contributed by atoms with E-state index in [4.69, 9.17) is 0 Å². The van der Waals surface area contributed by atoms with Crippen LogP contribution < -0.4 is 4.90 Å². The van der Waals surface area contributed by atoms with Crippen molar-refractivity contribution in [2.24, 2.45) is 0 Å². The van der Waals surface area contributed by atoms with Gasteiger partial charge >= 0.3 is 0 Å². The number of fused-ring (bicyclic) bond motifs is 12. The van der Waals surface area contributed by atoms with E-state index in [0.29, 0.717) is 0 Å². The predicted octanol–water partition coefficient (Wildman–Crippen LogP) is 12.0. The van der Waals surface area contributed by atoms with Crippen LogP contribution in [0.5, 0.6) is 0 Å². The first-order valence-corrected chi connectivity index (χ1v) is 16.5. The summed E-state index contributed by atoms with van der Waals surface area (Å²) in [5.74, 6) is 0. The molecule has 4 heterocycles. The third kappa shape index (κ3) is 3.06. The minimum absolute atomic E-state index is 1.16. The summed E-state index contributed by atoms with van der Waals surface area (Å²) >= 11 is 1.87. The van der Waals surface area contributed by atoms with Gasteiger partial charge in [-0.3, -0.25) is 0 Å². The van der Waals surface area contributed by atoms with Gasteiger partial charge in [0, 0.05) is 53.1 Å². The molecule has 1 aliphatic heterocycles. The van der Waals surface area contributed by atoms with Crippen molar-refractivity contribution in [1.29, 1.82) is 0 Å². The second-order valence-corrected chi connectivity index (χ2v) is 13.2. The van der Waals surface area contributed by atoms with Gasteiger partial charge in [0.2, 0.25) is 0 Å². The van der Waals surface area contributed by atoms with Crippen molar-refractivity contribution >= 4 is 92.2 Å². The van der Waals surface area contributed by atoms with Gasteiger partial charge in [-0.2, -0.15) is 0 Å². The molecule has 0 radical (unpaired) electrons. The van der Waals surface area contributed by atoms with Crippen molar-refractivity contribution < 1.29 is 0 Å². The van der Waals surface area contributed by atoms with Gasteiger partial charge in [0.1, 0.15) is 0 Å². The third-order valence-corrected chi connectivity index (χ3v) is 11.0.